The van der Waals surface area contributed by atoms with Gasteiger partial charge in [0.05, 0.1) is 13.2 Å². The van der Waals surface area contributed by atoms with Crippen LogP contribution in [0, 0.1) is 0 Å². The molecule has 1 heterocycles. The van der Waals surface area contributed by atoms with Crippen LogP contribution in [0.4, 0.5) is 0 Å². The molecule has 1 aliphatic rings. The van der Waals surface area contributed by atoms with Gasteiger partial charge in [-0.3, -0.25) is 10.2 Å². The quantitative estimate of drug-likeness (QED) is 0.275. The smallest absolute Gasteiger partial charge is 0.290 e. The molecular weight excluding hydrogens is 136 g/mol. The molecule has 1 amide bonds. The first kappa shape index (κ1) is 7.46. The molecular formula is C5H10N2O3. The normalized spacial score (nSPS) is 20.5. The van der Waals surface area contributed by atoms with E-state index in [0.29, 0.717) is 13.2 Å². The number of nitrogens with two attached hydrogens (primary N) is 1. The molecule has 1 aliphatic heterocycles. The van der Waals surface area contributed by atoms with Crippen molar-refractivity contribution in [1.29, 1.82) is 0 Å². The van der Waals surface area contributed by atoms with Gasteiger partial charge >= 0.3 is 0 Å². The minimum Gasteiger partial charge on any atom is -0.344 e. The lowest BCUT2D eigenvalue weighted by Gasteiger charge is -2.20. The molecule has 1 saturated heterocycles. The van der Waals surface area contributed by atoms with Crippen LogP contribution in [0.5, 0.6) is 0 Å². The molecule has 5 nitrogen and oxygen atoms in total. The third kappa shape index (κ3) is 1.66. The second kappa shape index (κ2) is 3.50. The van der Waals surface area contributed by atoms with Gasteiger partial charge in [-0.2, -0.15) is 0 Å². The Labute approximate surface area is 58.4 Å². The average Bonchev–Trinajstić information content (AvgIpc) is 2.05. The highest BCUT2D eigenvalue weighted by Gasteiger charge is 2.21. The number of carbonyl (C=O) groups excluding carboxylic acids is 1. The van der Waals surface area contributed by atoms with Crippen LogP contribution in [0.25, 0.3) is 0 Å². The molecule has 1 fully saturated rings. The summed E-state index contributed by atoms with van der Waals surface area (Å²) >= 11 is 0. The SMILES string of the molecule is NNC(=O)C1OCCCO1. The predicted molar refractivity (Wildman–Crippen MR) is 32.6 cm³/mol. The molecule has 0 aromatic heterocycles. The van der Waals surface area contributed by atoms with E-state index in [9.17, 15) is 4.79 Å². The molecule has 0 aromatic carbocycles. The molecule has 0 aliphatic carbocycles. The van der Waals surface area contributed by atoms with Crippen molar-refractivity contribution < 1.29 is 14.3 Å². The zero-order valence-corrected chi connectivity index (χ0v) is 5.50. The summed E-state index contributed by atoms with van der Waals surface area (Å²) in [6.07, 6.45) is 0.0210. The lowest BCUT2D eigenvalue weighted by molar-refractivity contribution is -0.190. The van der Waals surface area contributed by atoms with Gasteiger partial charge in [-0.15, -0.1) is 0 Å². The van der Waals surface area contributed by atoms with Crippen molar-refractivity contribution in [2.75, 3.05) is 13.2 Å². The number of hydrogen-bond donors (Lipinski definition) is 2. The summed E-state index contributed by atoms with van der Waals surface area (Å²) in [6.45, 7) is 1.11. The van der Waals surface area contributed by atoms with Crippen LogP contribution in [0.1, 0.15) is 6.42 Å². The van der Waals surface area contributed by atoms with Crippen LogP contribution in [-0.4, -0.2) is 25.4 Å². The third-order valence-electron chi connectivity index (χ3n) is 1.18. The molecule has 58 valence electrons. The first-order valence-electron chi connectivity index (χ1n) is 3.08. The van der Waals surface area contributed by atoms with Crippen molar-refractivity contribution in [2.24, 2.45) is 5.84 Å². The number of hydrogen-bond acceptors (Lipinski definition) is 4. The fraction of sp³-hybridized carbons (Fsp3) is 0.800. The second-order valence-electron chi connectivity index (χ2n) is 1.94. The van der Waals surface area contributed by atoms with E-state index in [1.54, 1.807) is 0 Å². The van der Waals surface area contributed by atoms with Crippen LogP contribution >= 0.6 is 0 Å². The summed E-state index contributed by atoms with van der Waals surface area (Å²) in [7, 11) is 0. The van der Waals surface area contributed by atoms with E-state index in [2.05, 4.69) is 0 Å². The molecule has 0 saturated carbocycles. The summed E-state index contributed by atoms with van der Waals surface area (Å²) in [5.41, 5.74) is 1.95. The fourth-order valence-corrected chi connectivity index (χ4v) is 0.707. The van der Waals surface area contributed by atoms with Gasteiger partial charge in [0.2, 0.25) is 6.29 Å². The maximum Gasteiger partial charge on any atom is 0.290 e. The fourth-order valence-electron chi connectivity index (χ4n) is 0.707. The maximum atomic E-state index is 10.7. The van der Waals surface area contributed by atoms with E-state index < -0.39 is 12.2 Å². The Morgan fingerprint density at radius 3 is 2.60 bits per heavy atom. The van der Waals surface area contributed by atoms with Crippen molar-refractivity contribution in [3.8, 4) is 0 Å². The monoisotopic (exact) mass is 146 g/mol. The Morgan fingerprint density at radius 2 is 2.10 bits per heavy atom. The van der Waals surface area contributed by atoms with Gasteiger partial charge in [-0.25, -0.2) is 5.84 Å². The zero-order chi connectivity index (χ0) is 7.40. The molecule has 0 atom stereocenters. The molecule has 1 rings (SSSR count). The Hall–Kier alpha value is -0.650. The number of carbonyl (C=O) groups is 1. The zero-order valence-electron chi connectivity index (χ0n) is 5.50. The number of ether oxygens (including phenoxy) is 2. The average molecular weight is 146 g/mol. The van der Waals surface area contributed by atoms with Gasteiger partial charge in [-0.1, -0.05) is 0 Å². The van der Waals surface area contributed by atoms with Crippen molar-refractivity contribution >= 4 is 5.91 Å². The maximum absolute atomic E-state index is 10.7. The van der Waals surface area contributed by atoms with Crippen molar-refractivity contribution in [3.05, 3.63) is 0 Å². The van der Waals surface area contributed by atoms with E-state index in [1.807, 2.05) is 5.43 Å². The van der Waals surface area contributed by atoms with E-state index in [1.165, 1.54) is 0 Å². The molecule has 0 bridgehead atoms. The summed E-state index contributed by atoms with van der Waals surface area (Å²) in [5.74, 6) is 4.41. The number of hydrazine groups is 1. The summed E-state index contributed by atoms with van der Waals surface area (Å²) in [6, 6.07) is 0. The standard InChI is InChI=1S/C5H10N2O3/c6-7-4(8)5-9-2-1-3-10-5/h5H,1-3,6H2,(H,7,8). The number of nitrogens with one attached hydrogen (secondary N) is 1. The summed E-state index contributed by atoms with van der Waals surface area (Å²) in [4.78, 5) is 10.7. The van der Waals surface area contributed by atoms with Gasteiger partial charge in [0.15, 0.2) is 0 Å². The second-order valence-corrected chi connectivity index (χ2v) is 1.94. The van der Waals surface area contributed by atoms with Gasteiger partial charge in [0, 0.05) is 0 Å². The summed E-state index contributed by atoms with van der Waals surface area (Å²) in [5, 5.41) is 0. The first-order valence-corrected chi connectivity index (χ1v) is 3.08. The lowest BCUT2D eigenvalue weighted by atomic mass is 10.4. The minimum absolute atomic E-state index is 0.431. The van der Waals surface area contributed by atoms with E-state index in [-0.39, 0.29) is 0 Å². The molecule has 3 N–H and O–H groups in total. The number of amides is 1. The van der Waals surface area contributed by atoms with Crippen LogP contribution in [0.15, 0.2) is 0 Å². The Balaban J connectivity index is 2.31. The molecule has 0 aromatic rings. The predicted octanol–water partition coefficient (Wildman–Crippen LogP) is -1.26. The number of rotatable bonds is 1. The van der Waals surface area contributed by atoms with Gasteiger partial charge < -0.3 is 9.47 Å². The molecule has 0 unspecified atom stereocenters. The van der Waals surface area contributed by atoms with Gasteiger partial charge in [0.25, 0.3) is 5.91 Å². The molecule has 0 radical (unpaired) electrons. The Kier molecular flexibility index (Phi) is 2.61. The highest BCUT2D eigenvalue weighted by molar-refractivity contribution is 5.78. The highest BCUT2D eigenvalue weighted by atomic mass is 16.7. The third-order valence-corrected chi connectivity index (χ3v) is 1.18. The van der Waals surface area contributed by atoms with Gasteiger partial charge in [0.1, 0.15) is 0 Å². The van der Waals surface area contributed by atoms with Crippen LogP contribution < -0.4 is 11.3 Å². The minimum atomic E-state index is -0.807. The lowest BCUT2D eigenvalue weighted by Crippen LogP contribution is -2.44. The highest BCUT2D eigenvalue weighted by Crippen LogP contribution is 2.03. The molecule has 0 spiro atoms. The van der Waals surface area contributed by atoms with Crippen molar-refractivity contribution in [1.82, 2.24) is 5.43 Å². The van der Waals surface area contributed by atoms with Crippen LogP contribution in [0.2, 0.25) is 0 Å². The van der Waals surface area contributed by atoms with Crippen LogP contribution in [-0.2, 0) is 14.3 Å². The Bertz CT molecular complexity index is 122. The first-order chi connectivity index (χ1) is 4.84. The van der Waals surface area contributed by atoms with Crippen molar-refractivity contribution in [3.63, 3.8) is 0 Å². The van der Waals surface area contributed by atoms with Gasteiger partial charge in [-0.05, 0) is 6.42 Å². The van der Waals surface area contributed by atoms with Crippen LogP contribution in [0.3, 0.4) is 0 Å². The molecule has 10 heavy (non-hydrogen) atoms. The largest absolute Gasteiger partial charge is 0.344 e. The topological polar surface area (TPSA) is 73.6 Å². The van der Waals surface area contributed by atoms with E-state index in [4.69, 9.17) is 15.3 Å². The van der Waals surface area contributed by atoms with Crippen molar-refractivity contribution in [2.45, 2.75) is 12.7 Å². The van der Waals surface area contributed by atoms with E-state index >= 15 is 0 Å². The molecule has 5 heteroatoms. The Morgan fingerprint density at radius 1 is 1.50 bits per heavy atom. The summed E-state index contributed by atoms with van der Waals surface area (Å²) < 4.78 is 9.83. The van der Waals surface area contributed by atoms with E-state index in [0.717, 1.165) is 6.42 Å².